The van der Waals surface area contributed by atoms with Crippen molar-refractivity contribution >= 4 is 11.6 Å². The molecule has 0 unspecified atom stereocenters. The minimum Gasteiger partial charge on any atom is -0.368 e. The third-order valence-corrected chi connectivity index (χ3v) is 5.11. The molecule has 2 aromatic carbocycles. The Hall–Kier alpha value is -3.15. The number of carbonyl (C=O) groups excluding carboxylic acids is 1. The average Bonchev–Trinajstić information content (AvgIpc) is 3.06. The number of aromatic nitrogens is 2. The Bertz CT molecular complexity index is 988. The van der Waals surface area contributed by atoms with Crippen LogP contribution >= 0.6 is 0 Å². The second-order valence-corrected chi connectivity index (χ2v) is 7.14. The standard InChI is InChI=1S/C22H23FN4O/c1-16-14-17(2)27(24-16)21-5-3-4-18(15-21)22(28)26-12-10-25(11-13-26)20-8-6-19(23)7-9-20/h3-9,14-15H,10-13H2,1-2H3. The molecule has 0 atom stereocenters. The van der Waals surface area contributed by atoms with Gasteiger partial charge in [-0.2, -0.15) is 5.10 Å². The lowest BCUT2D eigenvalue weighted by Crippen LogP contribution is -2.48. The smallest absolute Gasteiger partial charge is 0.254 e. The number of anilines is 1. The topological polar surface area (TPSA) is 41.4 Å². The van der Waals surface area contributed by atoms with Crippen LogP contribution in [-0.4, -0.2) is 46.8 Å². The molecule has 1 amide bonds. The number of hydrogen-bond donors (Lipinski definition) is 0. The molecule has 3 aromatic rings. The van der Waals surface area contributed by atoms with Gasteiger partial charge < -0.3 is 9.80 Å². The summed E-state index contributed by atoms with van der Waals surface area (Å²) >= 11 is 0. The van der Waals surface area contributed by atoms with Gasteiger partial charge in [-0.15, -0.1) is 0 Å². The Labute approximate surface area is 164 Å². The zero-order valence-electron chi connectivity index (χ0n) is 16.1. The van der Waals surface area contributed by atoms with Gasteiger partial charge in [-0.25, -0.2) is 9.07 Å². The van der Waals surface area contributed by atoms with Gasteiger partial charge in [0, 0.05) is 43.1 Å². The number of hydrogen-bond acceptors (Lipinski definition) is 3. The Balaban J connectivity index is 1.46. The average molecular weight is 378 g/mol. The molecular weight excluding hydrogens is 355 g/mol. The van der Waals surface area contributed by atoms with E-state index in [9.17, 15) is 9.18 Å². The van der Waals surface area contributed by atoms with Crippen molar-refractivity contribution in [2.75, 3.05) is 31.1 Å². The summed E-state index contributed by atoms with van der Waals surface area (Å²) in [5.74, 6) is -0.206. The Morgan fingerprint density at radius 3 is 2.29 bits per heavy atom. The monoisotopic (exact) mass is 378 g/mol. The van der Waals surface area contributed by atoms with Crippen molar-refractivity contribution in [3.63, 3.8) is 0 Å². The summed E-state index contributed by atoms with van der Waals surface area (Å²) < 4.78 is 15.0. The predicted molar refractivity (Wildman–Crippen MR) is 108 cm³/mol. The van der Waals surface area contributed by atoms with Gasteiger partial charge in [-0.3, -0.25) is 4.79 Å². The quantitative estimate of drug-likeness (QED) is 0.699. The number of aryl methyl sites for hydroxylation is 2. The van der Waals surface area contributed by atoms with Crippen molar-refractivity contribution in [1.82, 2.24) is 14.7 Å². The normalized spacial score (nSPS) is 14.4. The molecule has 0 bridgehead atoms. The first kappa shape index (κ1) is 18.2. The van der Waals surface area contributed by atoms with Gasteiger partial charge in [0.15, 0.2) is 0 Å². The molecule has 1 aliphatic rings. The predicted octanol–water partition coefficient (Wildman–Crippen LogP) is 3.59. The summed E-state index contributed by atoms with van der Waals surface area (Å²) in [6, 6.07) is 16.1. The summed E-state index contributed by atoms with van der Waals surface area (Å²) in [7, 11) is 0. The molecule has 1 saturated heterocycles. The maximum Gasteiger partial charge on any atom is 0.254 e. The first-order chi connectivity index (χ1) is 13.5. The van der Waals surface area contributed by atoms with Crippen molar-refractivity contribution in [3.05, 3.63) is 77.4 Å². The van der Waals surface area contributed by atoms with Gasteiger partial charge in [-0.05, 0) is 62.4 Å². The van der Waals surface area contributed by atoms with Crippen LogP contribution in [0.5, 0.6) is 0 Å². The van der Waals surface area contributed by atoms with Crippen LogP contribution in [0.3, 0.4) is 0 Å². The summed E-state index contributed by atoms with van der Waals surface area (Å²) in [5.41, 5.74) is 4.53. The molecule has 0 aliphatic carbocycles. The zero-order chi connectivity index (χ0) is 19.7. The fraction of sp³-hybridized carbons (Fsp3) is 0.273. The number of rotatable bonds is 3. The Morgan fingerprint density at radius 1 is 0.929 bits per heavy atom. The molecule has 4 rings (SSSR count). The molecule has 0 N–H and O–H groups in total. The van der Waals surface area contributed by atoms with Gasteiger partial charge >= 0.3 is 0 Å². The highest BCUT2D eigenvalue weighted by Gasteiger charge is 2.22. The number of nitrogens with zero attached hydrogens (tertiary/aromatic N) is 4. The fourth-order valence-corrected chi connectivity index (χ4v) is 3.66. The molecule has 0 radical (unpaired) electrons. The minimum absolute atomic E-state index is 0.0298. The van der Waals surface area contributed by atoms with E-state index in [2.05, 4.69) is 10.00 Å². The highest BCUT2D eigenvalue weighted by atomic mass is 19.1. The number of benzene rings is 2. The molecule has 1 aliphatic heterocycles. The van der Waals surface area contributed by atoms with Crippen LogP contribution in [0.1, 0.15) is 21.7 Å². The highest BCUT2D eigenvalue weighted by Crippen LogP contribution is 2.19. The maximum atomic E-state index is 13.1. The molecule has 0 saturated carbocycles. The summed E-state index contributed by atoms with van der Waals surface area (Å²) in [6.45, 7) is 6.70. The van der Waals surface area contributed by atoms with Crippen molar-refractivity contribution in [2.24, 2.45) is 0 Å². The van der Waals surface area contributed by atoms with Gasteiger partial charge in [0.1, 0.15) is 5.82 Å². The molecule has 1 aromatic heterocycles. The SMILES string of the molecule is Cc1cc(C)n(-c2cccc(C(=O)N3CCN(c4ccc(F)cc4)CC3)c2)n1. The van der Waals surface area contributed by atoms with Gasteiger partial charge in [-0.1, -0.05) is 6.07 Å². The van der Waals surface area contributed by atoms with Crippen LogP contribution in [0.4, 0.5) is 10.1 Å². The van der Waals surface area contributed by atoms with E-state index in [0.29, 0.717) is 18.7 Å². The Kier molecular flexibility index (Phi) is 4.86. The van der Waals surface area contributed by atoms with E-state index in [1.165, 1.54) is 12.1 Å². The van der Waals surface area contributed by atoms with E-state index < -0.39 is 0 Å². The van der Waals surface area contributed by atoms with E-state index in [0.717, 1.165) is 35.9 Å². The van der Waals surface area contributed by atoms with Crippen molar-refractivity contribution in [2.45, 2.75) is 13.8 Å². The van der Waals surface area contributed by atoms with Crippen LogP contribution in [-0.2, 0) is 0 Å². The highest BCUT2D eigenvalue weighted by molar-refractivity contribution is 5.95. The largest absolute Gasteiger partial charge is 0.368 e. The minimum atomic E-state index is -0.236. The van der Waals surface area contributed by atoms with Crippen LogP contribution in [0.2, 0.25) is 0 Å². The van der Waals surface area contributed by atoms with E-state index in [4.69, 9.17) is 0 Å². The van der Waals surface area contributed by atoms with Gasteiger partial charge in [0.25, 0.3) is 5.91 Å². The molecule has 144 valence electrons. The molecule has 0 spiro atoms. The van der Waals surface area contributed by atoms with E-state index in [1.54, 1.807) is 12.1 Å². The van der Waals surface area contributed by atoms with Crippen LogP contribution in [0, 0.1) is 19.7 Å². The lowest BCUT2D eigenvalue weighted by atomic mass is 10.1. The molecule has 28 heavy (non-hydrogen) atoms. The number of amides is 1. The van der Waals surface area contributed by atoms with Gasteiger partial charge in [0.2, 0.25) is 0 Å². The summed E-state index contributed by atoms with van der Waals surface area (Å²) in [5, 5.41) is 4.50. The second-order valence-electron chi connectivity index (χ2n) is 7.14. The lowest BCUT2D eigenvalue weighted by Gasteiger charge is -2.36. The molecule has 1 fully saturated rings. The maximum absolute atomic E-state index is 13.1. The number of halogens is 1. The molecular formula is C22H23FN4O. The van der Waals surface area contributed by atoms with Crippen molar-refractivity contribution in [3.8, 4) is 5.69 Å². The lowest BCUT2D eigenvalue weighted by molar-refractivity contribution is 0.0746. The first-order valence-electron chi connectivity index (χ1n) is 9.45. The van der Waals surface area contributed by atoms with Crippen LogP contribution in [0.15, 0.2) is 54.6 Å². The van der Waals surface area contributed by atoms with Crippen molar-refractivity contribution < 1.29 is 9.18 Å². The summed E-state index contributed by atoms with van der Waals surface area (Å²) in [6.07, 6.45) is 0. The number of piperazine rings is 1. The Morgan fingerprint density at radius 2 is 1.64 bits per heavy atom. The summed E-state index contributed by atoms with van der Waals surface area (Å²) in [4.78, 5) is 17.0. The molecule has 5 nitrogen and oxygen atoms in total. The van der Waals surface area contributed by atoms with E-state index >= 15 is 0 Å². The second kappa shape index (κ2) is 7.46. The molecule has 2 heterocycles. The van der Waals surface area contributed by atoms with Crippen molar-refractivity contribution in [1.29, 1.82) is 0 Å². The van der Waals surface area contributed by atoms with Gasteiger partial charge in [0.05, 0.1) is 11.4 Å². The fourth-order valence-electron chi connectivity index (χ4n) is 3.66. The third kappa shape index (κ3) is 3.63. The first-order valence-corrected chi connectivity index (χ1v) is 9.45. The van der Waals surface area contributed by atoms with Crippen LogP contribution < -0.4 is 4.90 Å². The number of carbonyl (C=O) groups is 1. The van der Waals surface area contributed by atoms with Crippen LogP contribution in [0.25, 0.3) is 5.69 Å². The van der Waals surface area contributed by atoms with E-state index in [-0.39, 0.29) is 11.7 Å². The molecule has 6 heteroatoms. The zero-order valence-corrected chi connectivity index (χ0v) is 16.1. The van der Waals surface area contributed by atoms with E-state index in [1.807, 2.05) is 53.8 Å². The third-order valence-electron chi connectivity index (χ3n) is 5.11.